The number of methoxy groups -OCH3 is 1. The Hall–Kier alpha value is -3.48. The van der Waals surface area contributed by atoms with Gasteiger partial charge >= 0.3 is 11.7 Å². The summed E-state index contributed by atoms with van der Waals surface area (Å²) in [5.41, 5.74) is 1.31. The van der Waals surface area contributed by atoms with Gasteiger partial charge < -0.3 is 14.2 Å². The summed E-state index contributed by atoms with van der Waals surface area (Å²) in [6.45, 7) is 0.140. The predicted octanol–water partition coefficient (Wildman–Crippen LogP) is 2.35. The molecule has 1 aliphatic rings. The fourth-order valence-electron chi connectivity index (χ4n) is 2.83. The van der Waals surface area contributed by atoms with Crippen molar-refractivity contribution in [2.75, 3.05) is 13.9 Å². The molecule has 1 aromatic heterocycles. The molecular formula is C18H14N2O5. The summed E-state index contributed by atoms with van der Waals surface area (Å²) in [4.78, 5) is 27.3. The highest BCUT2D eigenvalue weighted by molar-refractivity contribution is 5.95. The summed E-state index contributed by atoms with van der Waals surface area (Å²) in [5.74, 6) is 0.550. The number of carbonyl (C=O) groups excluding carboxylic acids is 1. The first-order valence-corrected chi connectivity index (χ1v) is 7.58. The topological polar surface area (TPSA) is 82.6 Å². The lowest BCUT2D eigenvalue weighted by Crippen LogP contribution is -2.15. The average molecular weight is 338 g/mol. The molecule has 0 atom stereocenters. The van der Waals surface area contributed by atoms with E-state index in [0.717, 1.165) is 0 Å². The molecule has 4 rings (SSSR count). The number of carbonyl (C=O) groups is 1. The Bertz CT molecular complexity index is 1000. The van der Waals surface area contributed by atoms with Crippen molar-refractivity contribution < 1.29 is 19.0 Å². The van der Waals surface area contributed by atoms with E-state index in [1.807, 2.05) is 18.2 Å². The summed E-state index contributed by atoms with van der Waals surface area (Å²) in [7, 11) is 1.27. The fraction of sp³-hybridized carbons (Fsp3) is 0.111. The molecule has 0 unspecified atom stereocenters. The highest BCUT2D eigenvalue weighted by Crippen LogP contribution is 2.37. The van der Waals surface area contributed by atoms with Gasteiger partial charge in [0.1, 0.15) is 0 Å². The van der Waals surface area contributed by atoms with Crippen molar-refractivity contribution in [1.29, 1.82) is 0 Å². The first-order valence-electron chi connectivity index (χ1n) is 7.58. The van der Waals surface area contributed by atoms with Crippen LogP contribution in [0, 0.1) is 0 Å². The van der Waals surface area contributed by atoms with Crippen LogP contribution in [0.25, 0.3) is 16.9 Å². The third kappa shape index (κ3) is 2.46. The van der Waals surface area contributed by atoms with Crippen LogP contribution >= 0.6 is 0 Å². The number of benzene rings is 2. The zero-order valence-electron chi connectivity index (χ0n) is 13.3. The molecule has 0 spiro atoms. The summed E-state index contributed by atoms with van der Waals surface area (Å²) >= 11 is 0. The van der Waals surface area contributed by atoms with E-state index in [1.54, 1.807) is 30.3 Å². The van der Waals surface area contributed by atoms with E-state index in [0.29, 0.717) is 28.4 Å². The lowest BCUT2D eigenvalue weighted by atomic mass is 10.1. The molecule has 25 heavy (non-hydrogen) atoms. The SMILES string of the molecule is COC(=O)c1[nH]c(=O)n(-c2ccccc2)c1-c1ccc2c(c1)OCO2. The quantitative estimate of drug-likeness (QED) is 0.741. The molecule has 0 fully saturated rings. The second kappa shape index (κ2) is 5.86. The number of hydrogen-bond donors (Lipinski definition) is 1. The number of H-pyrrole nitrogens is 1. The minimum atomic E-state index is -0.626. The van der Waals surface area contributed by atoms with Crippen LogP contribution in [-0.2, 0) is 4.74 Å². The van der Waals surface area contributed by atoms with Crippen molar-refractivity contribution >= 4 is 5.97 Å². The van der Waals surface area contributed by atoms with Gasteiger partial charge in [0.05, 0.1) is 18.5 Å². The molecule has 0 saturated carbocycles. The van der Waals surface area contributed by atoms with Gasteiger partial charge in [-0.25, -0.2) is 9.59 Å². The maximum absolute atomic E-state index is 12.5. The average Bonchev–Trinajstić information content (AvgIpc) is 3.25. The Labute approximate surface area is 142 Å². The van der Waals surface area contributed by atoms with Crippen LogP contribution < -0.4 is 15.2 Å². The number of aromatic amines is 1. The number of hydrogen-bond acceptors (Lipinski definition) is 5. The maximum Gasteiger partial charge on any atom is 0.356 e. The third-order valence-corrected chi connectivity index (χ3v) is 3.95. The second-order valence-corrected chi connectivity index (χ2v) is 5.38. The van der Waals surface area contributed by atoms with Crippen molar-refractivity contribution in [2.24, 2.45) is 0 Å². The van der Waals surface area contributed by atoms with Crippen molar-refractivity contribution in [2.45, 2.75) is 0 Å². The fourth-order valence-corrected chi connectivity index (χ4v) is 2.83. The Morgan fingerprint density at radius 1 is 1.12 bits per heavy atom. The van der Waals surface area contributed by atoms with Crippen molar-refractivity contribution in [3.05, 3.63) is 64.7 Å². The number of fused-ring (bicyclic) bond motifs is 1. The highest BCUT2D eigenvalue weighted by Gasteiger charge is 2.24. The van der Waals surface area contributed by atoms with Gasteiger partial charge in [0.15, 0.2) is 17.2 Å². The largest absolute Gasteiger partial charge is 0.464 e. The van der Waals surface area contributed by atoms with Crippen LogP contribution in [0.4, 0.5) is 0 Å². The monoisotopic (exact) mass is 338 g/mol. The smallest absolute Gasteiger partial charge is 0.356 e. The standard InChI is InChI=1S/C18H14N2O5/c1-23-17(21)15-16(11-7-8-13-14(9-11)25-10-24-13)20(18(22)19-15)12-5-3-2-4-6-12/h2-9H,10H2,1H3,(H,19,22). The van der Waals surface area contributed by atoms with Gasteiger partial charge in [-0.1, -0.05) is 18.2 Å². The molecule has 0 amide bonds. The predicted molar refractivity (Wildman–Crippen MR) is 89.3 cm³/mol. The van der Waals surface area contributed by atoms with Crippen LogP contribution in [0.15, 0.2) is 53.3 Å². The van der Waals surface area contributed by atoms with Crippen molar-refractivity contribution in [3.63, 3.8) is 0 Å². The van der Waals surface area contributed by atoms with Gasteiger partial charge in [0, 0.05) is 5.56 Å². The highest BCUT2D eigenvalue weighted by atomic mass is 16.7. The van der Waals surface area contributed by atoms with E-state index in [2.05, 4.69) is 4.98 Å². The van der Waals surface area contributed by atoms with E-state index in [-0.39, 0.29) is 12.5 Å². The molecule has 2 aromatic carbocycles. The number of imidazole rings is 1. The number of ether oxygens (including phenoxy) is 3. The van der Waals surface area contributed by atoms with Gasteiger partial charge in [-0.05, 0) is 30.3 Å². The lowest BCUT2D eigenvalue weighted by Gasteiger charge is -2.10. The lowest BCUT2D eigenvalue weighted by molar-refractivity contribution is 0.0595. The van der Waals surface area contributed by atoms with Gasteiger partial charge in [-0.15, -0.1) is 0 Å². The van der Waals surface area contributed by atoms with E-state index in [1.165, 1.54) is 11.7 Å². The van der Waals surface area contributed by atoms with Gasteiger partial charge in [-0.2, -0.15) is 0 Å². The van der Waals surface area contributed by atoms with Crippen LogP contribution in [0.5, 0.6) is 11.5 Å². The molecule has 1 aliphatic heterocycles. The first-order chi connectivity index (χ1) is 12.2. The Kier molecular flexibility index (Phi) is 3.53. The number of nitrogens with one attached hydrogen (secondary N) is 1. The molecule has 126 valence electrons. The first kappa shape index (κ1) is 15.1. The van der Waals surface area contributed by atoms with Gasteiger partial charge in [-0.3, -0.25) is 9.55 Å². The molecule has 1 N–H and O–H groups in total. The van der Waals surface area contributed by atoms with Crippen LogP contribution in [0.2, 0.25) is 0 Å². The second-order valence-electron chi connectivity index (χ2n) is 5.38. The summed E-state index contributed by atoms with van der Waals surface area (Å²) in [6.07, 6.45) is 0. The third-order valence-electron chi connectivity index (χ3n) is 3.95. The molecule has 0 saturated heterocycles. The van der Waals surface area contributed by atoms with E-state index in [4.69, 9.17) is 14.2 Å². The zero-order chi connectivity index (χ0) is 17.4. The molecule has 7 heteroatoms. The molecule has 0 aliphatic carbocycles. The van der Waals surface area contributed by atoms with Gasteiger partial charge in [0.25, 0.3) is 0 Å². The van der Waals surface area contributed by atoms with Crippen LogP contribution in [-0.4, -0.2) is 29.4 Å². The molecule has 2 heterocycles. The minimum Gasteiger partial charge on any atom is -0.464 e. The normalized spacial score (nSPS) is 12.2. The summed E-state index contributed by atoms with van der Waals surface area (Å²) in [5, 5.41) is 0. The Balaban J connectivity index is 1.99. The Morgan fingerprint density at radius 3 is 2.64 bits per heavy atom. The van der Waals surface area contributed by atoms with E-state index < -0.39 is 11.7 Å². The number of esters is 1. The summed E-state index contributed by atoms with van der Waals surface area (Å²) < 4.78 is 17.0. The van der Waals surface area contributed by atoms with E-state index in [9.17, 15) is 9.59 Å². The number of para-hydroxylation sites is 1. The van der Waals surface area contributed by atoms with Crippen molar-refractivity contribution in [3.8, 4) is 28.4 Å². The molecule has 7 nitrogen and oxygen atoms in total. The number of aromatic nitrogens is 2. The van der Waals surface area contributed by atoms with E-state index >= 15 is 0 Å². The van der Waals surface area contributed by atoms with Crippen molar-refractivity contribution in [1.82, 2.24) is 9.55 Å². The molecule has 0 radical (unpaired) electrons. The summed E-state index contributed by atoms with van der Waals surface area (Å²) in [6, 6.07) is 14.3. The minimum absolute atomic E-state index is 0.0789. The molecule has 0 bridgehead atoms. The van der Waals surface area contributed by atoms with Crippen LogP contribution in [0.1, 0.15) is 10.5 Å². The molecular weight excluding hydrogens is 324 g/mol. The number of rotatable bonds is 3. The maximum atomic E-state index is 12.5. The zero-order valence-corrected chi connectivity index (χ0v) is 13.3. The Morgan fingerprint density at radius 2 is 1.88 bits per heavy atom. The van der Waals surface area contributed by atoms with Crippen LogP contribution in [0.3, 0.4) is 0 Å². The van der Waals surface area contributed by atoms with Gasteiger partial charge in [0.2, 0.25) is 6.79 Å². The number of nitrogens with zero attached hydrogens (tertiary/aromatic N) is 1. The molecule has 3 aromatic rings.